The van der Waals surface area contributed by atoms with Crippen LogP contribution in [0.5, 0.6) is 5.75 Å². The molecule has 2 amide bonds. The van der Waals surface area contributed by atoms with E-state index in [0.29, 0.717) is 36.6 Å². The molecule has 3 rings (SSSR count). The Labute approximate surface area is 201 Å². The van der Waals surface area contributed by atoms with Crippen LogP contribution in [0.15, 0.2) is 36.4 Å². The maximum absolute atomic E-state index is 12.9. The van der Waals surface area contributed by atoms with Gasteiger partial charge in [-0.15, -0.1) is 0 Å². The molecule has 2 aromatic rings. The van der Waals surface area contributed by atoms with Crippen molar-refractivity contribution in [2.24, 2.45) is 0 Å². The Bertz CT molecular complexity index is 954. The highest BCUT2D eigenvalue weighted by atomic mass is 35.5. The summed E-state index contributed by atoms with van der Waals surface area (Å²) in [6.45, 7) is 8.63. The van der Waals surface area contributed by atoms with E-state index in [1.54, 1.807) is 7.11 Å². The normalized spacial score (nSPS) is 15.6. The molecular formula is C26H34ClN3O3. The van der Waals surface area contributed by atoms with Gasteiger partial charge in [0.2, 0.25) is 11.8 Å². The minimum absolute atomic E-state index is 0.0804. The third-order valence-electron chi connectivity index (χ3n) is 6.28. The van der Waals surface area contributed by atoms with Crippen LogP contribution in [0.1, 0.15) is 36.5 Å². The van der Waals surface area contributed by atoms with Gasteiger partial charge in [-0.3, -0.25) is 14.5 Å². The van der Waals surface area contributed by atoms with E-state index in [4.69, 9.17) is 16.3 Å². The van der Waals surface area contributed by atoms with E-state index in [9.17, 15) is 9.59 Å². The number of benzene rings is 2. The van der Waals surface area contributed by atoms with Crippen LogP contribution >= 0.6 is 11.6 Å². The van der Waals surface area contributed by atoms with Crippen molar-refractivity contribution in [3.63, 3.8) is 0 Å². The van der Waals surface area contributed by atoms with Crippen LogP contribution in [0.3, 0.4) is 0 Å². The fourth-order valence-corrected chi connectivity index (χ4v) is 4.61. The molecule has 2 aromatic carbocycles. The zero-order chi connectivity index (χ0) is 24.0. The van der Waals surface area contributed by atoms with E-state index in [1.807, 2.05) is 62.1 Å². The van der Waals surface area contributed by atoms with Gasteiger partial charge in [0, 0.05) is 32.6 Å². The quantitative estimate of drug-likeness (QED) is 0.647. The number of rotatable bonds is 7. The number of hydrogen-bond acceptors (Lipinski definition) is 4. The second kappa shape index (κ2) is 11.5. The fraction of sp³-hybridized carbons (Fsp3) is 0.462. The standard InChI is InChI=1S/C26H34ClN3O3/c1-18-16-19(2)25(23(27)17-18)28-26(32)20(3)29-12-5-13-30(15-14-29)24(31)11-8-21-6-9-22(33-4)10-7-21/h6-7,9-10,16-17,20H,5,8,11-15H2,1-4H3,(H,28,32). The highest BCUT2D eigenvalue weighted by molar-refractivity contribution is 6.34. The third-order valence-corrected chi connectivity index (χ3v) is 6.57. The number of anilines is 1. The molecule has 1 atom stereocenters. The summed E-state index contributed by atoms with van der Waals surface area (Å²) in [5.41, 5.74) is 3.80. The molecule has 1 N–H and O–H groups in total. The molecule has 0 saturated carbocycles. The van der Waals surface area contributed by atoms with Gasteiger partial charge >= 0.3 is 0 Å². The van der Waals surface area contributed by atoms with Crippen molar-refractivity contribution >= 4 is 29.1 Å². The van der Waals surface area contributed by atoms with E-state index >= 15 is 0 Å². The molecule has 178 valence electrons. The first-order chi connectivity index (χ1) is 15.8. The van der Waals surface area contributed by atoms with Crippen molar-refractivity contribution in [1.29, 1.82) is 0 Å². The van der Waals surface area contributed by atoms with Gasteiger partial charge in [0.05, 0.1) is 23.9 Å². The average Bonchev–Trinajstić information content (AvgIpc) is 3.06. The molecule has 0 spiro atoms. The number of carbonyl (C=O) groups is 2. The predicted molar refractivity (Wildman–Crippen MR) is 133 cm³/mol. The lowest BCUT2D eigenvalue weighted by molar-refractivity contribution is -0.131. The van der Waals surface area contributed by atoms with Crippen molar-refractivity contribution < 1.29 is 14.3 Å². The van der Waals surface area contributed by atoms with E-state index in [0.717, 1.165) is 42.0 Å². The first-order valence-corrected chi connectivity index (χ1v) is 11.9. The van der Waals surface area contributed by atoms with Crippen LogP contribution in [0.2, 0.25) is 5.02 Å². The Kier molecular flexibility index (Phi) is 8.75. The number of methoxy groups -OCH3 is 1. The Morgan fingerprint density at radius 3 is 2.48 bits per heavy atom. The molecule has 33 heavy (non-hydrogen) atoms. The van der Waals surface area contributed by atoms with Gasteiger partial charge in [0.25, 0.3) is 0 Å². The zero-order valence-corrected chi connectivity index (χ0v) is 20.7. The Balaban J connectivity index is 1.52. The van der Waals surface area contributed by atoms with Crippen LogP contribution in [0, 0.1) is 13.8 Å². The van der Waals surface area contributed by atoms with E-state index in [-0.39, 0.29) is 17.9 Å². The smallest absolute Gasteiger partial charge is 0.241 e. The summed E-state index contributed by atoms with van der Waals surface area (Å²) in [6.07, 6.45) is 2.03. The molecule has 1 fully saturated rings. The first kappa shape index (κ1) is 25.1. The van der Waals surface area contributed by atoms with Gasteiger partial charge < -0.3 is 15.0 Å². The summed E-state index contributed by atoms with van der Waals surface area (Å²) < 4.78 is 5.18. The van der Waals surface area contributed by atoms with E-state index in [2.05, 4.69) is 10.2 Å². The third kappa shape index (κ3) is 6.71. The number of nitrogens with zero attached hydrogens (tertiary/aromatic N) is 2. The SMILES string of the molecule is COc1ccc(CCC(=O)N2CCCN(C(C)C(=O)Nc3c(C)cc(C)cc3Cl)CC2)cc1. The molecule has 6 nitrogen and oxygen atoms in total. The lowest BCUT2D eigenvalue weighted by atomic mass is 10.1. The van der Waals surface area contributed by atoms with E-state index < -0.39 is 0 Å². The van der Waals surface area contributed by atoms with Crippen molar-refractivity contribution in [3.8, 4) is 5.75 Å². The number of carbonyl (C=O) groups excluding carboxylic acids is 2. The first-order valence-electron chi connectivity index (χ1n) is 11.5. The molecule has 1 heterocycles. The summed E-state index contributed by atoms with van der Waals surface area (Å²) >= 11 is 6.36. The van der Waals surface area contributed by atoms with Crippen LogP contribution in [-0.4, -0.2) is 60.9 Å². The van der Waals surface area contributed by atoms with Crippen molar-refractivity contribution in [1.82, 2.24) is 9.80 Å². The number of amides is 2. The van der Waals surface area contributed by atoms with Crippen molar-refractivity contribution in [2.45, 2.75) is 46.1 Å². The maximum Gasteiger partial charge on any atom is 0.241 e. The molecule has 1 aliphatic heterocycles. The Morgan fingerprint density at radius 2 is 1.82 bits per heavy atom. The fourth-order valence-electron chi connectivity index (χ4n) is 4.24. The molecule has 0 aliphatic carbocycles. The topological polar surface area (TPSA) is 61.9 Å². The predicted octanol–water partition coefficient (Wildman–Crippen LogP) is 4.46. The molecular weight excluding hydrogens is 438 g/mol. The zero-order valence-electron chi connectivity index (χ0n) is 20.0. The largest absolute Gasteiger partial charge is 0.497 e. The summed E-state index contributed by atoms with van der Waals surface area (Å²) in [6, 6.07) is 11.4. The van der Waals surface area contributed by atoms with Gasteiger partial charge in [0.1, 0.15) is 5.75 Å². The molecule has 1 unspecified atom stereocenters. The van der Waals surface area contributed by atoms with Crippen LogP contribution in [-0.2, 0) is 16.0 Å². The summed E-state index contributed by atoms with van der Waals surface area (Å²) in [7, 11) is 1.64. The molecule has 1 saturated heterocycles. The van der Waals surface area contributed by atoms with Crippen molar-refractivity contribution in [3.05, 3.63) is 58.1 Å². The number of nitrogens with one attached hydrogen (secondary N) is 1. The van der Waals surface area contributed by atoms with Gasteiger partial charge in [0.15, 0.2) is 0 Å². The lowest BCUT2D eigenvalue weighted by Crippen LogP contribution is -2.44. The Hall–Kier alpha value is -2.57. The van der Waals surface area contributed by atoms with E-state index in [1.165, 1.54) is 0 Å². The average molecular weight is 472 g/mol. The minimum atomic E-state index is -0.309. The van der Waals surface area contributed by atoms with Crippen LogP contribution < -0.4 is 10.1 Å². The summed E-state index contributed by atoms with van der Waals surface area (Å²) in [5, 5.41) is 3.56. The van der Waals surface area contributed by atoms with Gasteiger partial charge in [-0.25, -0.2) is 0 Å². The lowest BCUT2D eigenvalue weighted by Gasteiger charge is -2.27. The van der Waals surface area contributed by atoms with Gasteiger partial charge in [-0.1, -0.05) is 29.8 Å². The number of hydrogen-bond donors (Lipinski definition) is 1. The van der Waals surface area contributed by atoms with Gasteiger partial charge in [-0.2, -0.15) is 0 Å². The second-order valence-corrected chi connectivity index (χ2v) is 9.13. The monoisotopic (exact) mass is 471 g/mol. The number of halogens is 1. The van der Waals surface area contributed by atoms with Crippen LogP contribution in [0.4, 0.5) is 5.69 Å². The summed E-state index contributed by atoms with van der Waals surface area (Å²) in [4.78, 5) is 29.8. The second-order valence-electron chi connectivity index (χ2n) is 8.72. The highest BCUT2D eigenvalue weighted by Crippen LogP contribution is 2.27. The molecule has 0 radical (unpaired) electrons. The molecule has 7 heteroatoms. The summed E-state index contributed by atoms with van der Waals surface area (Å²) in [5.74, 6) is 0.894. The number of aryl methyl sites for hydroxylation is 3. The molecule has 0 aromatic heterocycles. The molecule has 1 aliphatic rings. The van der Waals surface area contributed by atoms with Gasteiger partial charge in [-0.05, 0) is 68.5 Å². The molecule has 0 bridgehead atoms. The number of ether oxygens (including phenoxy) is 1. The Morgan fingerprint density at radius 1 is 1.09 bits per heavy atom. The highest BCUT2D eigenvalue weighted by Gasteiger charge is 2.26. The van der Waals surface area contributed by atoms with Crippen LogP contribution in [0.25, 0.3) is 0 Å². The van der Waals surface area contributed by atoms with Crippen molar-refractivity contribution in [2.75, 3.05) is 38.6 Å². The maximum atomic E-state index is 12.9. The minimum Gasteiger partial charge on any atom is -0.497 e.